The fourth-order valence-corrected chi connectivity index (χ4v) is 2.24. The lowest BCUT2D eigenvalue weighted by Gasteiger charge is -1.97. The number of phenols is 1. The van der Waals surface area contributed by atoms with Crippen molar-refractivity contribution >= 4 is 34.3 Å². The number of aryl methyl sites for hydroxylation is 2. The topological polar surface area (TPSA) is 57.5 Å². The Morgan fingerprint density at radius 3 is 2.83 bits per heavy atom. The van der Waals surface area contributed by atoms with Crippen molar-refractivity contribution in [3.8, 4) is 5.75 Å². The number of hydrazone groups is 1. The lowest BCUT2D eigenvalue weighted by atomic mass is 10.2. The van der Waals surface area contributed by atoms with Gasteiger partial charge in [0.1, 0.15) is 5.75 Å². The maximum atomic E-state index is 9.28. The molecular weight excluding hydrogens is 270 g/mol. The van der Waals surface area contributed by atoms with E-state index >= 15 is 0 Å². The van der Waals surface area contributed by atoms with E-state index in [4.69, 9.17) is 11.6 Å². The zero-order chi connectivity index (χ0) is 13.1. The van der Waals surface area contributed by atoms with Gasteiger partial charge in [0.25, 0.3) is 0 Å². The summed E-state index contributed by atoms with van der Waals surface area (Å²) in [6.45, 7) is 3.97. The van der Waals surface area contributed by atoms with Crippen LogP contribution in [0.4, 0.5) is 5.13 Å². The van der Waals surface area contributed by atoms with Gasteiger partial charge in [-0.1, -0.05) is 11.6 Å². The van der Waals surface area contributed by atoms with Gasteiger partial charge in [0.15, 0.2) is 0 Å². The number of aromatic nitrogens is 1. The van der Waals surface area contributed by atoms with E-state index in [0.717, 1.165) is 16.4 Å². The van der Waals surface area contributed by atoms with Gasteiger partial charge in [-0.25, -0.2) is 4.98 Å². The Labute approximate surface area is 114 Å². The van der Waals surface area contributed by atoms with E-state index in [9.17, 15) is 5.11 Å². The van der Waals surface area contributed by atoms with E-state index in [1.807, 2.05) is 13.8 Å². The molecule has 2 N–H and O–H groups in total. The molecule has 6 heteroatoms. The zero-order valence-electron chi connectivity index (χ0n) is 9.94. The highest BCUT2D eigenvalue weighted by atomic mass is 35.5. The molecule has 0 spiro atoms. The van der Waals surface area contributed by atoms with Crippen LogP contribution in [-0.4, -0.2) is 16.3 Å². The van der Waals surface area contributed by atoms with Crippen LogP contribution in [-0.2, 0) is 0 Å². The molecule has 0 unspecified atom stereocenters. The number of nitrogens with one attached hydrogen (secondary N) is 1. The van der Waals surface area contributed by atoms with Crippen LogP contribution in [0.15, 0.2) is 23.3 Å². The number of phenolic OH excluding ortho intramolecular Hbond substituents is 1. The Bertz CT molecular complexity index is 576. The summed E-state index contributed by atoms with van der Waals surface area (Å²) >= 11 is 7.34. The van der Waals surface area contributed by atoms with Gasteiger partial charge < -0.3 is 5.11 Å². The first-order valence-corrected chi connectivity index (χ1v) is 6.47. The van der Waals surface area contributed by atoms with Gasteiger partial charge in [-0.3, -0.25) is 5.43 Å². The molecule has 0 radical (unpaired) electrons. The van der Waals surface area contributed by atoms with E-state index in [1.54, 1.807) is 29.7 Å². The lowest BCUT2D eigenvalue weighted by Crippen LogP contribution is -1.90. The van der Waals surface area contributed by atoms with Crippen LogP contribution in [0.2, 0.25) is 5.02 Å². The minimum Gasteiger partial charge on any atom is -0.506 e. The summed E-state index contributed by atoms with van der Waals surface area (Å²) in [6, 6.07) is 4.90. The van der Waals surface area contributed by atoms with Gasteiger partial charge in [0.2, 0.25) is 5.13 Å². The van der Waals surface area contributed by atoms with Crippen LogP contribution in [0.3, 0.4) is 0 Å². The van der Waals surface area contributed by atoms with Crippen LogP contribution in [0.1, 0.15) is 16.1 Å². The number of thiazole rings is 1. The molecule has 2 rings (SSSR count). The number of anilines is 1. The highest BCUT2D eigenvalue weighted by Gasteiger charge is 2.01. The zero-order valence-corrected chi connectivity index (χ0v) is 11.5. The number of nitrogens with zero attached hydrogens (tertiary/aromatic N) is 2. The summed E-state index contributed by atoms with van der Waals surface area (Å²) in [5, 5.41) is 14.4. The van der Waals surface area contributed by atoms with Crippen molar-refractivity contribution in [3.05, 3.63) is 39.4 Å². The Morgan fingerprint density at radius 1 is 1.44 bits per heavy atom. The first-order valence-electron chi connectivity index (χ1n) is 5.28. The van der Waals surface area contributed by atoms with Crippen LogP contribution >= 0.6 is 22.9 Å². The summed E-state index contributed by atoms with van der Waals surface area (Å²) < 4.78 is 0. The number of hydrogen-bond donors (Lipinski definition) is 2. The summed E-state index contributed by atoms with van der Waals surface area (Å²) in [7, 11) is 0. The SMILES string of the molecule is Cc1nc(N/N=C\c2ccc(O)c(Cl)c2)sc1C. The predicted molar refractivity (Wildman–Crippen MR) is 75.9 cm³/mol. The van der Waals surface area contributed by atoms with Gasteiger partial charge in [-0.05, 0) is 37.6 Å². The van der Waals surface area contributed by atoms with Crippen molar-refractivity contribution in [2.75, 3.05) is 5.43 Å². The third-order valence-electron chi connectivity index (χ3n) is 2.37. The summed E-state index contributed by atoms with van der Waals surface area (Å²) in [5.41, 5.74) is 4.67. The van der Waals surface area contributed by atoms with Gasteiger partial charge in [0, 0.05) is 4.88 Å². The lowest BCUT2D eigenvalue weighted by molar-refractivity contribution is 0.475. The fraction of sp³-hybridized carbons (Fsp3) is 0.167. The highest BCUT2D eigenvalue weighted by molar-refractivity contribution is 7.15. The molecule has 0 saturated heterocycles. The molecule has 18 heavy (non-hydrogen) atoms. The standard InChI is InChI=1S/C12H12ClN3OS/c1-7-8(2)18-12(15-7)16-14-6-9-3-4-11(17)10(13)5-9/h3-6,17H,1-2H3,(H,15,16)/b14-6-. The molecule has 1 aromatic heterocycles. The molecular formula is C12H12ClN3OS. The molecule has 2 aromatic rings. The normalized spacial score (nSPS) is 11.1. The van der Waals surface area contributed by atoms with E-state index in [-0.39, 0.29) is 5.75 Å². The van der Waals surface area contributed by atoms with Gasteiger partial charge in [0.05, 0.1) is 16.9 Å². The number of hydrogen-bond acceptors (Lipinski definition) is 5. The average Bonchev–Trinajstić information content (AvgIpc) is 2.63. The molecule has 0 aliphatic carbocycles. The van der Waals surface area contributed by atoms with E-state index in [2.05, 4.69) is 15.5 Å². The van der Waals surface area contributed by atoms with Gasteiger partial charge in [-0.2, -0.15) is 5.10 Å². The molecule has 0 amide bonds. The maximum absolute atomic E-state index is 9.28. The summed E-state index contributed by atoms with van der Waals surface area (Å²) in [6.07, 6.45) is 1.62. The van der Waals surface area contributed by atoms with Crippen LogP contribution in [0.25, 0.3) is 0 Å². The van der Waals surface area contributed by atoms with Crippen molar-refractivity contribution in [1.82, 2.24) is 4.98 Å². The second kappa shape index (κ2) is 5.37. The molecule has 1 heterocycles. The van der Waals surface area contributed by atoms with Crippen molar-refractivity contribution in [1.29, 1.82) is 0 Å². The smallest absolute Gasteiger partial charge is 0.203 e. The third-order valence-corrected chi connectivity index (χ3v) is 3.65. The van der Waals surface area contributed by atoms with E-state index in [1.165, 1.54) is 10.9 Å². The molecule has 0 aliphatic rings. The third kappa shape index (κ3) is 3.00. The second-order valence-corrected chi connectivity index (χ2v) is 5.35. The molecule has 0 atom stereocenters. The Hall–Kier alpha value is -1.59. The largest absolute Gasteiger partial charge is 0.506 e. The van der Waals surface area contributed by atoms with Crippen molar-refractivity contribution in [2.24, 2.45) is 5.10 Å². The first kappa shape index (κ1) is 12.9. The molecule has 4 nitrogen and oxygen atoms in total. The van der Waals surface area contributed by atoms with Crippen molar-refractivity contribution in [3.63, 3.8) is 0 Å². The van der Waals surface area contributed by atoms with E-state index < -0.39 is 0 Å². The second-order valence-electron chi connectivity index (χ2n) is 3.74. The van der Waals surface area contributed by atoms with Crippen LogP contribution in [0.5, 0.6) is 5.75 Å². The quantitative estimate of drug-likeness (QED) is 0.668. The van der Waals surface area contributed by atoms with Crippen LogP contribution in [0, 0.1) is 13.8 Å². The molecule has 0 bridgehead atoms. The first-order chi connectivity index (χ1) is 8.56. The van der Waals surface area contributed by atoms with Crippen LogP contribution < -0.4 is 5.43 Å². The minimum absolute atomic E-state index is 0.0629. The maximum Gasteiger partial charge on any atom is 0.203 e. The Balaban J connectivity index is 2.05. The minimum atomic E-state index is 0.0629. The number of halogens is 1. The molecule has 0 aliphatic heterocycles. The number of rotatable bonds is 3. The number of benzene rings is 1. The molecule has 0 saturated carbocycles. The fourth-order valence-electron chi connectivity index (χ4n) is 1.29. The highest BCUT2D eigenvalue weighted by Crippen LogP contribution is 2.23. The average molecular weight is 282 g/mol. The van der Waals surface area contributed by atoms with Crippen molar-refractivity contribution in [2.45, 2.75) is 13.8 Å². The summed E-state index contributed by atoms with van der Waals surface area (Å²) in [5.74, 6) is 0.0629. The van der Waals surface area contributed by atoms with E-state index in [0.29, 0.717) is 5.02 Å². The van der Waals surface area contributed by atoms with Crippen molar-refractivity contribution < 1.29 is 5.11 Å². The summed E-state index contributed by atoms with van der Waals surface area (Å²) in [4.78, 5) is 5.47. The molecule has 94 valence electrons. The molecule has 1 aromatic carbocycles. The number of aromatic hydroxyl groups is 1. The Morgan fingerprint density at radius 2 is 2.22 bits per heavy atom. The van der Waals surface area contributed by atoms with Gasteiger partial charge >= 0.3 is 0 Å². The van der Waals surface area contributed by atoms with Gasteiger partial charge in [-0.15, -0.1) is 11.3 Å². The molecule has 0 fully saturated rings. The monoisotopic (exact) mass is 281 g/mol. The predicted octanol–water partition coefficient (Wildman–Crippen LogP) is 3.56. The Kier molecular flexibility index (Phi) is 3.84.